The highest BCUT2D eigenvalue weighted by molar-refractivity contribution is 5.86. The van der Waals surface area contributed by atoms with Gasteiger partial charge in [0.25, 0.3) is 0 Å². The zero-order chi connectivity index (χ0) is 14.6. The number of amides is 3. The van der Waals surface area contributed by atoms with E-state index in [4.69, 9.17) is 5.73 Å². The predicted molar refractivity (Wildman–Crippen MR) is 84.5 cm³/mol. The van der Waals surface area contributed by atoms with Crippen LogP contribution in [0.4, 0.5) is 4.79 Å². The molecule has 6 nitrogen and oxygen atoms in total. The molecule has 0 aromatic heterocycles. The lowest BCUT2D eigenvalue weighted by atomic mass is 9.81. The molecule has 0 bridgehead atoms. The Bertz CT molecular complexity index is 364. The number of carbonyl (C=O) groups is 2. The maximum atomic E-state index is 12.6. The van der Waals surface area contributed by atoms with E-state index in [2.05, 4.69) is 5.32 Å². The SMILES string of the molecule is CCNC(=O)N1CCN(C(=O)C2(N)CCCCC2)CC1.Cl. The van der Waals surface area contributed by atoms with Crippen molar-refractivity contribution in [3.05, 3.63) is 0 Å². The van der Waals surface area contributed by atoms with Gasteiger partial charge in [-0.2, -0.15) is 0 Å². The fourth-order valence-corrected chi connectivity index (χ4v) is 3.09. The summed E-state index contributed by atoms with van der Waals surface area (Å²) in [6.45, 7) is 4.90. The summed E-state index contributed by atoms with van der Waals surface area (Å²) in [5.41, 5.74) is 5.63. The minimum atomic E-state index is -0.661. The van der Waals surface area contributed by atoms with E-state index in [9.17, 15) is 9.59 Å². The van der Waals surface area contributed by atoms with Gasteiger partial charge in [0.15, 0.2) is 0 Å². The van der Waals surface area contributed by atoms with Crippen molar-refractivity contribution >= 4 is 24.3 Å². The van der Waals surface area contributed by atoms with Crippen LogP contribution in [-0.2, 0) is 4.79 Å². The topological polar surface area (TPSA) is 78.7 Å². The molecule has 1 aliphatic heterocycles. The largest absolute Gasteiger partial charge is 0.338 e. The summed E-state index contributed by atoms with van der Waals surface area (Å²) >= 11 is 0. The van der Waals surface area contributed by atoms with Gasteiger partial charge >= 0.3 is 6.03 Å². The molecule has 21 heavy (non-hydrogen) atoms. The quantitative estimate of drug-likeness (QED) is 0.795. The molecule has 0 aromatic rings. The van der Waals surface area contributed by atoms with Crippen molar-refractivity contribution in [2.45, 2.75) is 44.6 Å². The third-order valence-electron chi connectivity index (χ3n) is 4.35. The van der Waals surface area contributed by atoms with Crippen molar-refractivity contribution in [1.29, 1.82) is 0 Å². The minimum Gasteiger partial charge on any atom is -0.338 e. The van der Waals surface area contributed by atoms with Gasteiger partial charge in [-0.3, -0.25) is 4.79 Å². The molecule has 3 amide bonds. The Morgan fingerprint density at radius 2 is 1.57 bits per heavy atom. The summed E-state index contributed by atoms with van der Waals surface area (Å²) in [6, 6.07) is -0.0419. The number of urea groups is 1. The third kappa shape index (κ3) is 4.23. The van der Waals surface area contributed by atoms with Crippen LogP contribution in [0, 0.1) is 0 Å². The molecule has 1 aliphatic carbocycles. The van der Waals surface area contributed by atoms with E-state index in [1.807, 2.05) is 11.8 Å². The van der Waals surface area contributed by atoms with Crippen LogP contribution in [0.25, 0.3) is 0 Å². The molecule has 0 atom stereocenters. The maximum Gasteiger partial charge on any atom is 0.317 e. The van der Waals surface area contributed by atoms with E-state index in [1.165, 1.54) is 6.42 Å². The highest BCUT2D eigenvalue weighted by Gasteiger charge is 2.39. The molecule has 0 unspecified atom stereocenters. The monoisotopic (exact) mass is 318 g/mol. The van der Waals surface area contributed by atoms with Crippen LogP contribution < -0.4 is 11.1 Å². The predicted octanol–water partition coefficient (Wildman–Crippen LogP) is 0.943. The van der Waals surface area contributed by atoms with Crippen LogP contribution in [0.15, 0.2) is 0 Å². The van der Waals surface area contributed by atoms with Crippen molar-refractivity contribution in [2.75, 3.05) is 32.7 Å². The Morgan fingerprint density at radius 3 is 2.10 bits per heavy atom. The third-order valence-corrected chi connectivity index (χ3v) is 4.35. The van der Waals surface area contributed by atoms with Gasteiger partial charge in [-0.05, 0) is 19.8 Å². The highest BCUT2D eigenvalue weighted by Crippen LogP contribution is 2.28. The van der Waals surface area contributed by atoms with Gasteiger partial charge < -0.3 is 20.9 Å². The maximum absolute atomic E-state index is 12.6. The molecule has 1 saturated carbocycles. The zero-order valence-electron chi connectivity index (χ0n) is 12.8. The van der Waals surface area contributed by atoms with Crippen LogP contribution in [0.5, 0.6) is 0 Å². The van der Waals surface area contributed by atoms with Crippen LogP contribution in [0.2, 0.25) is 0 Å². The number of halogens is 1. The van der Waals surface area contributed by atoms with E-state index in [1.54, 1.807) is 4.90 Å². The molecule has 1 saturated heterocycles. The van der Waals surface area contributed by atoms with Gasteiger partial charge in [-0.1, -0.05) is 19.3 Å². The Morgan fingerprint density at radius 1 is 1.05 bits per heavy atom. The summed E-state index contributed by atoms with van der Waals surface area (Å²) in [6.07, 6.45) is 4.85. The Hall–Kier alpha value is -1.01. The number of rotatable bonds is 2. The lowest BCUT2D eigenvalue weighted by Crippen LogP contribution is -2.61. The number of nitrogens with two attached hydrogens (primary N) is 1. The average Bonchev–Trinajstić information content (AvgIpc) is 2.48. The summed E-state index contributed by atoms with van der Waals surface area (Å²) in [7, 11) is 0. The van der Waals surface area contributed by atoms with Gasteiger partial charge in [0.1, 0.15) is 0 Å². The standard InChI is InChI=1S/C14H26N4O2.ClH/c1-2-16-13(20)18-10-8-17(9-11-18)12(19)14(15)6-4-3-5-7-14;/h2-11,15H2,1H3,(H,16,20);1H. The number of carbonyl (C=O) groups excluding carboxylic acids is 2. The fraction of sp³-hybridized carbons (Fsp3) is 0.857. The smallest absolute Gasteiger partial charge is 0.317 e. The first-order valence-corrected chi connectivity index (χ1v) is 7.68. The normalized spacial score (nSPS) is 21.4. The van der Waals surface area contributed by atoms with E-state index in [0.29, 0.717) is 32.7 Å². The number of piperazine rings is 1. The molecule has 122 valence electrons. The first-order chi connectivity index (χ1) is 9.57. The van der Waals surface area contributed by atoms with Gasteiger partial charge in [0.05, 0.1) is 5.54 Å². The van der Waals surface area contributed by atoms with Gasteiger partial charge in [0, 0.05) is 32.7 Å². The van der Waals surface area contributed by atoms with Gasteiger partial charge in [-0.25, -0.2) is 4.79 Å². The Kier molecular flexibility index (Phi) is 6.74. The number of hydrogen-bond acceptors (Lipinski definition) is 3. The van der Waals surface area contributed by atoms with E-state index in [0.717, 1.165) is 25.7 Å². The number of nitrogens with one attached hydrogen (secondary N) is 1. The molecule has 2 fully saturated rings. The Labute approximate surface area is 132 Å². The molecule has 0 spiro atoms. The molecule has 0 radical (unpaired) electrons. The number of hydrogen-bond donors (Lipinski definition) is 2. The summed E-state index contributed by atoms with van der Waals surface area (Å²) in [5.74, 6) is 0.0766. The Balaban J connectivity index is 0.00000220. The van der Waals surface area contributed by atoms with Crippen LogP contribution >= 0.6 is 12.4 Å². The molecule has 2 rings (SSSR count). The van der Waals surface area contributed by atoms with Crippen LogP contribution in [0.3, 0.4) is 0 Å². The molecule has 2 aliphatic rings. The molecular weight excluding hydrogens is 292 g/mol. The van der Waals surface area contributed by atoms with Crippen molar-refractivity contribution in [1.82, 2.24) is 15.1 Å². The summed E-state index contributed by atoms with van der Waals surface area (Å²) in [4.78, 5) is 27.9. The first kappa shape index (κ1) is 18.0. The van der Waals surface area contributed by atoms with Crippen LogP contribution in [0.1, 0.15) is 39.0 Å². The van der Waals surface area contributed by atoms with E-state index in [-0.39, 0.29) is 24.3 Å². The van der Waals surface area contributed by atoms with Gasteiger partial charge in [-0.15, -0.1) is 12.4 Å². The minimum absolute atomic E-state index is 0. The second-order valence-electron chi connectivity index (χ2n) is 5.83. The lowest BCUT2D eigenvalue weighted by Gasteiger charge is -2.40. The first-order valence-electron chi connectivity index (χ1n) is 7.68. The van der Waals surface area contributed by atoms with Crippen LogP contribution in [-0.4, -0.2) is 60.0 Å². The highest BCUT2D eigenvalue weighted by atomic mass is 35.5. The van der Waals surface area contributed by atoms with E-state index < -0.39 is 5.54 Å². The molecule has 3 N–H and O–H groups in total. The second-order valence-corrected chi connectivity index (χ2v) is 5.83. The molecule has 0 aromatic carbocycles. The fourth-order valence-electron chi connectivity index (χ4n) is 3.09. The number of nitrogens with zero attached hydrogens (tertiary/aromatic N) is 2. The molecular formula is C14H27ClN4O2. The summed E-state index contributed by atoms with van der Waals surface area (Å²) < 4.78 is 0. The molecule has 1 heterocycles. The van der Waals surface area contributed by atoms with Crippen molar-refractivity contribution in [2.24, 2.45) is 5.73 Å². The second kappa shape index (κ2) is 7.84. The van der Waals surface area contributed by atoms with E-state index >= 15 is 0 Å². The lowest BCUT2D eigenvalue weighted by molar-refractivity contribution is -0.139. The van der Waals surface area contributed by atoms with Crippen molar-refractivity contribution in [3.8, 4) is 0 Å². The molecule has 7 heteroatoms. The zero-order valence-corrected chi connectivity index (χ0v) is 13.6. The van der Waals surface area contributed by atoms with Crippen molar-refractivity contribution < 1.29 is 9.59 Å². The average molecular weight is 319 g/mol. The van der Waals surface area contributed by atoms with Gasteiger partial charge in [0.2, 0.25) is 5.91 Å². The van der Waals surface area contributed by atoms with Crippen molar-refractivity contribution in [3.63, 3.8) is 0 Å². The summed E-state index contributed by atoms with van der Waals surface area (Å²) in [5, 5.41) is 2.79.